The molecule has 13 nitrogen and oxygen atoms in total. The van der Waals surface area contributed by atoms with Gasteiger partial charge in [-0.2, -0.15) is 0 Å². The number of pyridine rings is 1. The lowest BCUT2D eigenvalue weighted by atomic mass is 10.1. The molecule has 7 rings (SSSR count). The van der Waals surface area contributed by atoms with E-state index in [0.717, 1.165) is 31.4 Å². The first-order valence-electron chi connectivity index (χ1n) is 17.8. The Morgan fingerprint density at radius 2 is 1.96 bits per heavy atom. The van der Waals surface area contributed by atoms with Crippen molar-refractivity contribution in [2.75, 3.05) is 20.2 Å². The van der Waals surface area contributed by atoms with E-state index in [1.807, 2.05) is 17.5 Å². The van der Waals surface area contributed by atoms with E-state index in [-0.39, 0.29) is 31.2 Å². The predicted octanol–water partition coefficient (Wildman–Crippen LogP) is 5.29. The molecule has 3 fully saturated rings. The third kappa shape index (κ3) is 7.31. The Hall–Kier alpha value is -3.95. The van der Waals surface area contributed by atoms with Crippen LogP contribution in [0, 0.1) is 5.92 Å². The third-order valence-corrected chi connectivity index (χ3v) is 13.2. The number of hydrogen-bond donors (Lipinski definition) is 3. The minimum atomic E-state index is -3.85. The number of fused-ring (bicyclic) bond motifs is 3. The molecular weight excluding hydrogens is 728 g/mol. The van der Waals surface area contributed by atoms with Crippen LogP contribution in [0.15, 0.2) is 35.7 Å². The smallest absolute Gasteiger partial charge is 0.318 e. The van der Waals surface area contributed by atoms with E-state index in [9.17, 15) is 22.8 Å². The van der Waals surface area contributed by atoms with Gasteiger partial charge in [0.05, 0.1) is 30.1 Å². The number of nitrogens with zero attached hydrogens (tertiary/aromatic N) is 3. The van der Waals surface area contributed by atoms with Crippen LogP contribution in [0.5, 0.6) is 11.5 Å². The lowest BCUT2D eigenvalue weighted by molar-refractivity contribution is -0.131. The molecule has 2 aliphatic carbocycles. The molecule has 4 atom stereocenters. The van der Waals surface area contributed by atoms with Crippen LogP contribution in [0.25, 0.3) is 21.6 Å². The Labute approximate surface area is 311 Å². The summed E-state index contributed by atoms with van der Waals surface area (Å²) in [6.45, 7) is 4.66. The molecule has 2 aromatic heterocycles. The molecule has 3 aromatic rings. The van der Waals surface area contributed by atoms with Crippen LogP contribution >= 0.6 is 22.9 Å². The first kappa shape index (κ1) is 36.4. The highest BCUT2D eigenvalue weighted by Gasteiger charge is 2.62. The molecule has 0 radical (unpaired) electrons. The molecular formula is C36H43ClN6O7S2. The second-order valence-electron chi connectivity index (χ2n) is 14.3. The van der Waals surface area contributed by atoms with Crippen molar-refractivity contribution in [2.24, 2.45) is 5.92 Å². The quantitative estimate of drug-likeness (QED) is 0.258. The van der Waals surface area contributed by atoms with Gasteiger partial charge in [-0.15, -0.1) is 11.3 Å². The van der Waals surface area contributed by atoms with Gasteiger partial charge in [0.25, 0.3) is 5.91 Å². The number of allylic oxidation sites excluding steroid dienone is 1. The summed E-state index contributed by atoms with van der Waals surface area (Å²) in [6.07, 6.45) is 7.93. The van der Waals surface area contributed by atoms with Gasteiger partial charge in [0.1, 0.15) is 44.9 Å². The molecule has 1 saturated heterocycles. The molecule has 0 unspecified atom stereocenters. The van der Waals surface area contributed by atoms with E-state index in [0.29, 0.717) is 57.5 Å². The summed E-state index contributed by atoms with van der Waals surface area (Å²) in [5.74, 6) is -0.559. The lowest BCUT2D eigenvalue weighted by Crippen LogP contribution is -2.57. The second-order valence-corrected chi connectivity index (χ2v) is 17.5. The fraction of sp³-hybridized carbons (Fsp3) is 0.528. The van der Waals surface area contributed by atoms with Crippen LogP contribution in [0.4, 0.5) is 4.79 Å². The number of carbonyl (C=O) groups excluding carboxylic acids is 3. The highest BCUT2D eigenvalue weighted by atomic mass is 35.5. The normalized spacial score (nSPS) is 25.4. The van der Waals surface area contributed by atoms with Gasteiger partial charge in [-0.3, -0.25) is 14.3 Å². The Morgan fingerprint density at radius 3 is 2.69 bits per heavy atom. The zero-order valence-corrected chi connectivity index (χ0v) is 31.7. The van der Waals surface area contributed by atoms with Gasteiger partial charge in [0.2, 0.25) is 15.9 Å². The van der Waals surface area contributed by atoms with E-state index in [1.165, 1.54) is 23.3 Å². The van der Waals surface area contributed by atoms with Crippen LogP contribution in [-0.2, 0) is 19.6 Å². The van der Waals surface area contributed by atoms with Crippen molar-refractivity contribution in [3.8, 4) is 22.2 Å². The fourth-order valence-corrected chi connectivity index (χ4v) is 9.45. The Bertz CT molecular complexity index is 2030. The summed E-state index contributed by atoms with van der Waals surface area (Å²) in [5, 5.41) is 8.86. The van der Waals surface area contributed by atoms with Gasteiger partial charge in [-0.25, -0.2) is 23.2 Å². The predicted molar refractivity (Wildman–Crippen MR) is 198 cm³/mol. The number of amides is 4. The molecule has 16 heteroatoms. The number of halogens is 1. The summed E-state index contributed by atoms with van der Waals surface area (Å²) in [4.78, 5) is 52.5. The van der Waals surface area contributed by atoms with E-state index in [2.05, 4.69) is 29.2 Å². The van der Waals surface area contributed by atoms with Gasteiger partial charge in [0, 0.05) is 35.7 Å². The van der Waals surface area contributed by atoms with Crippen LogP contribution in [0.3, 0.4) is 0 Å². The molecule has 278 valence electrons. The van der Waals surface area contributed by atoms with Gasteiger partial charge in [0.15, 0.2) is 0 Å². The van der Waals surface area contributed by atoms with Crippen LogP contribution in [0.1, 0.15) is 76.8 Å². The van der Waals surface area contributed by atoms with Crippen LogP contribution in [-0.4, -0.2) is 84.3 Å². The first-order valence-corrected chi connectivity index (χ1v) is 20.6. The summed E-state index contributed by atoms with van der Waals surface area (Å²) in [7, 11) is -2.32. The van der Waals surface area contributed by atoms with Crippen molar-refractivity contribution in [1.29, 1.82) is 0 Å². The van der Waals surface area contributed by atoms with E-state index < -0.39 is 50.8 Å². The Morgan fingerprint density at radius 1 is 1.15 bits per heavy atom. The number of aromatic nitrogens is 2. The number of carbonyl (C=O) groups is 3. The van der Waals surface area contributed by atoms with Crippen molar-refractivity contribution < 1.29 is 32.3 Å². The fourth-order valence-electron chi connectivity index (χ4n) is 6.87. The molecule has 1 aromatic carbocycles. The summed E-state index contributed by atoms with van der Waals surface area (Å²) < 4.78 is 39.9. The summed E-state index contributed by atoms with van der Waals surface area (Å²) in [6, 6.07) is 3.92. The minimum Gasteiger partial charge on any atom is -0.495 e. The maximum atomic E-state index is 14.2. The molecule has 3 N–H and O–H groups in total. The number of benzene rings is 1. The maximum Gasteiger partial charge on any atom is 0.318 e. The van der Waals surface area contributed by atoms with Crippen molar-refractivity contribution >= 4 is 61.7 Å². The van der Waals surface area contributed by atoms with Gasteiger partial charge in [-0.05, 0) is 56.6 Å². The molecule has 0 spiro atoms. The molecule has 2 saturated carbocycles. The van der Waals surface area contributed by atoms with Crippen molar-refractivity contribution in [3.63, 3.8) is 0 Å². The van der Waals surface area contributed by atoms with E-state index >= 15 is 0 Å². The average molecular weight is 771 g/mol. The first-order chi connectivity index (χ1) is 24.9. The largest absolute Gasteiger partial charge is 0.495 e. The Balaban J connectivity index is 1.20. The number of methoxy groups -OCH3 is 1. The zero-order valence-electron chi connectivity index (χ0n) is 29.3. The molecule has 4 heterocycles. The number of ether oxygens (including phenoxy) is 2. The molecule has 4 aliphatic rings. The summed E-state index contributed by atoms with van der Waals surface area (Å²) >= 11 is 8.24. The van der Waals surface area contributed by atoms with Crippen molar-refractivity contribution in [1.82, 2.24) is 30.2 Å². The second kappa shape index (κ2) is 14.5. The standard InChI is InChI=1S/C36H43ClN6O7S2/c1-20(2)26-19-51-33(40-26)25-16-29(24-12-13-28(49-3)30(37)31(24)39-25)50-22-15-27-32(44)41-36(34(45)42-52(47,48)23-10-11-23)17-21(36)9-7-5-4-6-8-14-38-35(46)43(27)18-22/h7,9,12-13,16,19-23,27H,4-6,8,10-11,14-15,17-18H2,1-3H3,(H,38,46)(H,41,44)(H,42,45)/t21-,22-,27+,36+/m1/s1. The van der Waals surface area contributed by atoms with Gasteiger partial charge >= 0.3 is 6.03 Å². The van der Waals surface area contributed by atoms with Crippen molar-refractivity contribution in [2.45, 2.75) is 94.1 Å². The lowest BCUT2D eigenvalue weighted by Gasteiger charge is -2.26. The molecule has 2 aliphatic heterocycles. The van der Waals surface area contributed by atoms with Crippen molar-refractivity contribution in [3.05, 3.63) is 46.4 Å². The highest BCUT2D eigenvalue weighted by molar-refractivity contribution is 7.91. The SMILES string of the molecule is COc1ccc2c(O[C@@H]3C[C@H]4C(=O)N[C@@]5(C(=O)NS(=O)(=O)C6CC6)C[C@H]5C=CCCCCCNC(=O)N4C3)cc(-c3nc(C(C)C)cs3)nc2c1Cl. The number of rotatable bonds is 8. The molecule has 0 bridgehead atoms. The third-order valence-electron chi connectivity index (χ3n) is 10.2. The number of urea groups is 1. The average Bonchev–Trinajstić information content (AvgIpc) is 3.98. The van der Waals surface area contributed by atoms with E-state index in [1.54, 1.807) is 18.2 Å². The van der Waals surface area contributed by atoms with Crippen LogP contribution in [0.2, 0.25) is 5.02 Å². The number of hydrogen-bond acceptors (Lipinski definition) is 10. The number of nitrogens with one attached hydrogen (secondary N) is 3. The topological polar surface area (TPSA) is 169 Å². The molecule has 4 amide bonds. The number of thiazole rings is 1. The highest BCUT2D eigenvalue weighted by Crippen LogP contribution is 2.46. The Kier molecular flexibility index (Phi) is 10.1. The summed E-state index contributed by atoms with van der Waals surface area (Å²) in [5.41, 5.74) is 0.508. The van der Waals surface area contributed by atoms with Gasteiger partial charge in [-0.1, -0.05) is 44.0 Å². The minimum absolute atomic E-state index is 0.0836. The number of sulfonamides is 1. The zero-order chi connectivity index (χ0) is 36.8. The van der Waals surface area contributed by atoms with E-state index in [4.69, 9.17) is 31.0 Å². The monoisotopic (exact) mass is 770 g/mol. The maximum absolute atomic E-state index is 14.2. The van der Waals surface area contributed by atoms with Gasteiger partial charge < -0.3 is 25.0 Å². The van der Waals surface area contributed by atoms with Crippen LogP contribution < -0.4 is 24.8 Å². The molecule has 52 heavy (non-hydrogen) atoms.